The maximum atomic E-state index is 14.5. The Balaban J connectivity index is 1.80. The Morgan fingerprint density at radius 3 is 2.76 bits per heavy atom. The van der Waals surface area contributed by atoms with Crippen LogP contribution < -0.4 is 16.2 Å². The van der Waals surface area contributed by atoms with E-state index >= 15 is 0 Å². The van der Waals surface area contributed by atoms with Gasteiger partial charge in [-0.1, -0.05) is 24.3 Å². The summed E-state index contributed by atoms with van der Waals surface area (Å²) in [6.07, 6.45) is 1.21. The molecule has 1 saturated heterocycles. The zero-order valence-electron chi connectivity index (χ0n) is 13.4. The van der Waals surface area contributed by atoms with E-state index in [-0.39, 0.29) is 17.7 Å². The number of nitrogens with one attached hydrogen (secondary N) is 3. The summed E-state index contributed by atoms with van der Waals surface area (Å²) >= 11 is 0. The number of carbonyl (C=O) groups excluding carboxylic acids is 1. The van der Waals surface area contributed by atoms with Crippen LogP contribution in [-0.2, 0) is 10.7 Å². The van der Waals surface area contributed by atoms with Crippen LogP contribution in [0.25, 0.3) is 0 Å². The predicted molar refractivity (Wildman–Crippen MR) is 85.1 cm³/mol. The number of halogens is 3. The maximum Gasteiger partial charge on any atom is 0.366 e. The number of aryl methyl sites for hydroxylation is 1. The van der Waals surface area contributed by atoms with Crippen molar-refractivity contribution in [3.63, 3.8) is 0 Å². The lowest BCUT2D eigenvalue weighted by atomic mass is 10.00. The first-order valence-corrected chi connectivity index (χ1v) is 7.75. The first kappa shape index (κ1) is 17.4. The van der Waals surface area contributed by atoms with Gasteiger partial charge in [0.1, 0.15) is 11.5 Å². The fourth-order valence-electron chi connectivity index (χ4n) is 2.83. The molecule has 0 bridgehead atoms. The van der Waals surface area contributed by atoms with Crippen LogP contribution in [-0.4, -0.2) is 23.5 Å². The Hall–Kier alpha value is -2.45. The number of nitrogens with zero attached hydrogens (tertiary/aromatic N) is 1. The van der Waals surface area contributed by atoms with E-state index in [4.69, 9.17) is 0 Å². The van der Waals surface area contributed by atoms with Crippen LogP contribution in [0.2, 0.25) is 0 Å². The lowest BCUT2D eigenvalue weighted by molar-refractivity contribution is -0.148. The Bertz CT molecular complexity index is 784. The van der Waals surface area contributed by atoms with Crippen LogP contribution in [0.4, 0.5) is 13.2 Å². The number of amides is 1. The molecule has 1 aliphatic heterocycles. The van der Waals surface area contributed by atoms with E-state index < -0.39 is 35.4 Å². The van der Waals surface area contributed by atoms with Gasteiger partial charge in [-0.2, -0.15) is 8.78 Å². The van der Waals surface area contributed by atoms with Crippen molar-refractivity contribution < 1.29 is 18.0 Å². The van der Waals surface area contributed by atoms with Crippen molar-refractivity contribution in [1.29, 1.82) is 0 Å². The standard InChI is InChI=1S/C17H17F3N4O/c1-10-5-4-8-21-15(10)17(19,20)16(25)23-13-9-22-24-14(13)11-6-2-3-7-12(11)18/h2-8,13-14,22,24H,9H2,1H3,(H,23,25). The quantitative estimate of drug-likeness (QED) is 0.789. The fraction of sp³-hybridized carbons (Fsp3) is 0.294. The molecule has 0 saturated carbocycles. The Morgan fingerprint density at radius 2 is 2.04 bits per heavy atom. The smallest absolute Gasteiger partial charge is 0.344 e. The first-order valence-electron chi connectivity index (χ1n) is 7.75. The highest BCUT2D eigenvalue weighted by Crippen LogP contribution is 2.30. The average molecular weight is 350 g/mol. The summed E-state index contributed by atoms with van der Waals surface area (Å²) in [5, 5.41) is 2.30. The topological polar surface area (TPSA) is 66.0 Å². The van der Waals surface area contributed by atoms with Crippen molar-refractivity contribution in [2.45, 2.75) is 24.9 Å². The highest BCUT2D eigenvalue weighted by molar-refractivity contribution is 5.85. The second kappa shape index (κ2) is 6.81. The molecule has 0 aliphatic carbocycles. The summed E-state index contributed by atoms with van der Waals surface area (Å²) in [5.74, 6) is -5.73. The third-order valence-electron chi connectivity index (χ3n) is 4.13. The van der Waals surface area contributed by atoms with E-state index in [0.29, 0.717) is 0 Å². The molecule has 2 unspecified atom stereocenters. The Labute approximate surface area is 142 Å². The van der Waals surface area contributed by atoms with E-state index in [2.05, 4.69) is 21.2 Å². The molecular weight excluding hydrogens is 333 g/mol. The summed E-state index contributed by atoms with van der Waals surface area (Å²) in [4.78, 5) is 15.8. The molecule has 1 amide bonds. The van der Waals surface area contributed by atoms with Gasteiger partial charge in [-0.15, -0.1) is 0 Å². The lowest BCUT2D eigenvalue weighted by Crippen LogP contribution is -2.47. The van der Waals surface area contributed by atoms with Crippen molar-refractivity contribution in [2.75, 3.05) is 6.54 Å². The molecule has 3 N–H and O–H groups in total. The number of aromatic nitrogens is 1. The first-order chi connectivity index (χ1) is 11.9. The number of hydrogen-bond acceptors (Lipinski definition) is 4. The van der Waals surface area contributed by atoms with E-state index in [0.717, 1.165) is 0 Å². The predicted octanol–water partition coefficient (Wildman–Crippen LogP) is 1.95. The highest BCUT2D eigenvalue weighted by atomic mass is 19.3. The monoisotopic (exact) mass is 350 g/mol. The molecule has 0 radical (unpaired) electrons. The molecule has 2 heterocycles. The number of rotatable bonds is 4. The third-order valence-corrected chi connectivity index (χ3v) is 4.13. The van der Waals surface area contributed by atoms with Gasteiger partial charge in [0.2, 0.25) is 0 Å². The summed E-state index contributed by atoms with van der Waals surface area (Å²) in [5.41, 5.74) is 5.49. The van der Waals surface area contributed by atoms with Gasteiger partial charge in [-0.05, 0) is 24.6 Å². The van der Waals surface area contributed by atoms with Crippen LogP contribution in [0, 0.1) is 12.7 Å². The number of alkyl halides is 2. The molecule has 1 aromatic heterocycles. The zero-order chi connectivity index (χ0) is 18.0. The molecule has 3 rings (SSSR count). The number of hydrazine groups is 1. The van der Waals surface area contributed by atoms with Crippen molar-refractivity contribution in [1.82, 2.24) is 21.2 Å². The molecule has 25 heavy (non-hydrogen) atoms. The molecule has 1 aliphatic rings. The zero-order valence-corrected chi connectivity index (χ0v) is 13.4. The van der Waals surface area contributed by atoms with E-state index in [9.17, 15) is 18.0 Å². The number of hydrogen-bond donors (Lipinski definition) is 3. The minimum atomic E-state index is -3.78. The maximum absolute atomic E-state index is 14.5. The van der Waals surface area contributed by atoms with Gasteiger partial charge in [0, 0.05) is 18.3 Å². The highest BCUT2D eigenvalue weighted by Gasteiger charge is 2.45. The van der Waals surface area contributed by atoms with Gasteiger partial charge in [-0.3, -0.25) is 15.2 Å². The second-order valence-electron chi connectivity index (χ2n) is 5.85. The molecule has 2 atom stereocenters. The van der Waals surface area contributed by atoms with Crippen LogP contribution in [0.3, 0.4) is 0 Å². The minimum Gasteiger partial charge on any atom is -0.344 e. The van der Waals surface area contributed by atoms with Gasteiger partial charge in [0.05, 0.1) is 12.1 Å². The molecule has 0 spiro atoms. The third kappa shape index (κ3) is 3.35. The SMILES string of the molecule is Cc1cccnc1C(F)(F)C(=O)NC1CNNC1c1ccccc1F. The molecule has 2 aromatic rings. The summed E-state index contributed by atoms with van der Waals surface area (Å²) in [7, 11) is 0. The summed E-state index contributed by atoms with van der Waals surface area (Å²) in [6.45, 7) is 1.65. The van der Waals surface area contributed by atoms with Gasteiger partial charge in [0.25, 0.3) is 5.91 Å². The van der Waals surface area contributed by atoms with E-state index in [1.54, 1.807) is 12.1 Å². The molecule has 1 aromatic carbocycles. The largest absolute Gasteiger partial charge is 0.366 e. The van der Waals surface area contributed by atoms with Crippen molar-refractivity contribution in [3.8, 4) is 0 Å². The van der Waals surface area contributed by atoms with Crippen molar-refractivity contribution >= 4 is 5.91 Å². The lowest BCUT2D eigenvalue weighted by Gasteiger charge is -2.23. The van der Waals surface area contributed by atoms with Crippen molar-refractivity contribution in [3.05, 3.63) is 65.2 Å². The van der Waals surface area contributed by atoms with Crippen LogP contribution in [0.5, 0.6) is 0 Å². The van der Waals surface area contributed by atoms with Gasteiger partial charge in [-0.25, -0.2) is 9.82 Å². The van der Waals surface area contributed by atoms with Crippen molar-refractivity contribution in [2.24, 2.45) is 0 Å². The summed E-state index contributed by atoms with van der Waals surface area (Å²) in [6, 6.07) is 7.58. The van der Waals surface area contributed by atoms with Crippen LogP contribution in [0.15, 0.2) is 42.6 Å². The second-order valence-corrected chi connectivity index (χ2v) is 5.85. The Kier molecular flexibility index (Phi) is 4.73. The molecule has 132 valence electrons. The molecular formula is C17H17F3N4O. The minimum absolute atomic E-state index is 0.183. The number of carbonyl (C=O) groups is 1. The van der Waals surface area contributed by atoms with Gasteiger partial charge >= 0.3 is 5.92 Å². The number of benzene rings is 1. The molecule has 8 heteroatoms. The van der Waals surface area contributed by atoms with Gasteiger partial charge in [0.15, 0.2) is 0 Å². The Morgan fingerprint density at radius 1 is 1.28 bits per heavy atom. The van der Waals surface area contributed by atoms with Crippen LogP contribution in [0.1, 0.15) is 22.9 Å². The van der Waals surface area contributed by atoms with Gasteiger partial charge < -0.3 is 5.32 Å². The van der Waals surface area contributed by atoms with Crippen LogP contribution >= 0.6 is 0 Å². The number of pyridine rings is 1. The normalized spacial score (nSPS) is 20.5. The average Bonchev–Trinajstić information content (AvgIpc) is 3.03. The molecule has 1 fully saturated rings. The van der Waals surface area contributed by atoms with E-state index in [1.165, 1.54) is 37.4 Å². The molecule has 5 nitrogen and oxygen atoms in total. The summed E-state index contributed by atoms with van der Waals surface area (Å²) < 4.78 is 42.9. The van der Waals surface area contributed by atoms with E-state index in [1.807, 2.05) is 0 Å². The fourth-order valence-corrected chi connectivity index (χ4v) is 2.83.